The highest BCUT2D eigenvalue weighted by molar-refractivity contribution is 7.12. The first-order chi connectivity index (χ1) is 8.58. The van der Waals surface area contributed by atoms with Crippen molar-refractivity contribution in [3.8, 4) is 0 Å². The van der Waals surface area contributed by atoms with Crippen LogP contribution in [0.3, 0.4) is 0 Å². The molecule has 0 aliphatic heterocycles. The second kappa shape index (κ2) is 5.49. The molecule has 0 spiro atoms. The number of hydrogen-bond donors (Lipinski definition) is 0. The van der Waals surface area contributed by atoms with Gasteiger partial charge in [0.1, 0.15) is 4.88 Å². The van der Waals surface area contributed by atoms with Crippen molar-refractivity contribution in [2.45, 2.75) is 13.3 Å². The molecule has 0 aliphatic carbocycles. The van der Waals surface area contributed by atoms with E-state index in [-0.39, 0.29) is 5.91 Å². The summed E-state index contributed by atoms with van der Waals surface area (Å²) in [5, 5.41) is 6.07. The molecule has 2 aromatic rings. The van der Waals surface area contributed by atoms with Gasteiger partial charge in [-0.1, -0.05) is 16.8 Å². The Labute approximate surface area is 113 Å². The average molecular weight is 286 g/mol. The van der Waals surface area contributed by atoms with Crippen LogP contribution in [0.1, 0.15) is 21.4 Å². The fourth-order valence-electron chi connectivity index (χ4n) is 1.43. The number of amides is 1. The lowest BCUT2D eigenvalue weighted by atomic mass is 10.3. The van der Waals surface area contributed by atoms with Gasteiger partial charge in [0.2, 0.25) is 5.89 Å². The summed E-state index contributed by atoms with van der Waals surface area (Å²) in [6, 6.07) is 1.72. The molecule has 0 bridgehead atoms. The zero-order valence-corrected chi connectivity index (χ0v) is 11.6. The van der Waals surface area contributed by atoms with Crippen LogP contribution < -0.4 is 0 Å². The summed E-state index contributed by atoms with van der Waals surface area (Å²) in [6.07, 6.45) is 0.558. The summed E-state index contributed by atoms with van der Waals surface area (Å²) >= 11 is 7.26. The van der Waals surface area contributed by atoms with E-state index in [2.05, 4.69) is 10.1 Å². The Bertz CT molecular complexity index is 552. The number of nitrogens with zero attached hydrogens (tertiary/aromatic N) is 3. The molecular formula is C11H12ClN3O2S. The largest absolute Gasteiger partial charge is 0.341 e. The van der Waals surface area contributed by atoms with Crippen LogP contribution in [0.4, 0.5) is 0 Å². The van der Waals surface area contributed by atoms with E-state index < -0.39 is 0 Å². The van der Waals surface area contributed by atoms with Gasteiger partial charge in [0.15, 0.2) is 5.82 Å². The van der Waals surface area contributed by atoms with Gasteiger partial charge >= 0.3 is 0 Å². The Morgan fingerprint density at radius 2 is 2.39 bits per heavy atom. The summed E-state index contributed by atoms with van der Waals surface area (Å²) in [5.41, 5.74) is 0. The minimum absolute atomic E-state index is 0.0878. The van der Waals surface area contributed by atoms with Crippen LogP contribution in [-0.2, 0) is 6.42 Å². The van der Waals surface area contributed by atoms with Crippen molar-refractivity contribution in [3.63, 3.8) is 0 Å². The Morgan fingerprint density at radius 1 is 1.61 bits per heavy atom. The van der Waals surface area contributed by atoms with Gasteiger partial charge < -0.3 is 9.42 Å². The number of aromatic nitrogens is 2. The molecule has 1 amide bonds. The highest BCUT2D eigenvalue weighted by atomic mass is 35.5. The molecule has 0 aromatic carbocycles. The number of halogens is 1. The monoisotopic (exact) mass is 285 g/mol. The molecule has 0 aliphatic rings. The second-order valence-corrected chi connectivity index (χ2v) is 5.13. The van der Waals surface area contributed by atoms with E-state index in [4.69, 9.17) is 16.1 Å². The quantitative estimate of drug-likeness (QED) is 0.865. The molecule has 5 nitrogen and oxygen atoms in total. The van der Waals surface area contributed by atoms with Gasteiger partial charge in [0, 0.05) is 26.9 Å². The molecular weight excluding hydrogens is 274 g/mol. The van der Waals surface area contributed by atoms with Gasteiger partial charge in [-0.15, -0.1) is 11.3 Å². The molecule has 7 heteroatoms. The van der Waals surface area contributed by atoms with Crippen LogP contribution in [0.25, 0.3) is 0 Å². The predicted molar refractivity (Wildman–Crippen MR) is 69.0 cm³/mol. The smallest absolute Gasteiger partial charge is 0.265 e. The number of carbonyl (C=O) groups is 1. The van der Waals surface area contributed by atoms with E-state index in [1.165, 1.54) is 11.3 Å². The summed E-state index contributed by atoms with van der Waals surface area (Å²) < 4.78 is 4.87. The van der Waals surface area contributed by atoms with E-state index in [0.717, 1.165) is 0 Å². The maximum absolute atomic E-state index is 12.0. The standard InChI is InChI=1S/C11H12ClN3O2S/c1-7-13-9(14-17-7)3-5-15(2)11(16)10-8(12)4-6-18-10/h4,6H,3,5H2,1-2H3. The summed E-state index contributed by atoms with van der Waals surface area (Å²) in [4.78, 5) is 18.3. The fraction of sp³-hybridized carbons (Fsp3) is 0.364. The highest BCUT2D eigenvalue weighted by Crippen LogP contribution is 2.23. The van der Waals surface area contributed by atoms with Crippen LogP contribution in [-0.4, -0.2) is 34.5 Å². The van der Waals surface area contributed by atoms with Gasteiger partial charge in [-0.25, -0.2) is 0 Å². The summed E-state index contributed by atoms with van der Waals surface area (Å²) in [6.45, 7) is 2.25. The van der Waals surface area contributed by atoms with Crippen molar-refractivity contribution in [1.82, 2.24) is 15.0 Å². The van der Waals surface area contributed by atoms with Gasteiger partial charge in [0.05, 0.1) is 5.02 Å². The van der Waals surface area contributed by atoms with Crippen LogP contribution in [0, 0.1) is 6.92 Å². The molecule has 0 saturated carbocycles. The van der Waals surface area contributed by atoms with Crippen LogP contribution in [0.5, 0.6) is 0 Å². The van der Waals surface area contributed by atoms with E-state index in [9.17, 15) is 4.79 Å². The Balaban J connectivity index is 1.94. The van der Waals surface area contributed by atoms with Crippen molar-refractivity contribution >= 4 is 28.8 Å². The molecule has 2 rings (SSSR count). The van der Waals surface area contributed by atoms with Crippen LogP contribution in [0.2, 0.25) is 5.02 Å². The summed E-state index contributed by atoms with van der Waals surface area (Å²) in [7, 11) is 1.73. The lowest BCUT2D eigenvalue weighted by Crippen LogP contribution is -2.28. The van der Waals surface area contributed by atoms with Crippen LogP contribution >= 0.6 is 22.9 Å². The zero-order chi connectivity index (χ0) is 13.1. The third-order valence-corrected chi connectivity index (χ3v) is 3.73. The second-order valence-electron chi connectivity index (χ2n) is 3.80. The van der Waals surface area contributed by atoms with E-state index >= 15 is 0 Å². The molecule has 2 aromatic heterocycles. The van der Waals surface area contributed by atoms with E-state index in [0.29, 0.717) is 34.6 Å². The number of carbonyl (C=O) groups excluding carboxylic acids is 1. The highest BCUT2D eigenvalue weighted by Gasteiger charge is 2.16. The number of likely N-dealkylation sites (N-methyl/N-ethyl adjacent to an activating group) is 1. The maximum atomic E-state index is 12.0. The SMILES string of the molecule is Cc1nc(CCN(C)C(=O)c2sccc2Cl)no1. The zero-order valence-electron chi connectivity index (χ0n) is 10.0. The van der Waals surface area contributed by atoms with Crippen molar-refractivity contribution in [2.75, 3.05) is 13.6 Å². The third-order valence-electron chi connectivity index (χ3n) is 2.40. The molecule has 0 N–H and O–H groups in total. The molecule has 0 unspecified atom stereocenters. The lowest BCUT2D eigenvalue weighted by Gasteiger charge is -2.15. The lowest BCUT2D eigenvalue weighted by molar-refractivity contribution is 0.0800. The average Bonchev–Trinajstić information content (AvgIpc) is 2.94. The topological polar surface area (TPSA) is 59.2 Å². The molecule has 0 fully saturated rings. The minimum atomic E-state index is -0.0878. The minimum Gasteiger partial charge on any atom is -0.341 e. The first-order valence-electron chi connectivity index (χ1n) is 5.35. The first-order valence-corrected chi connectivity index (χ1v) is 6.61. The normalized spacial score (nSPS) is 10.6. The molecule has 18 heavy (non-hydrogen) atoms. The molecule has 0 radical (unpaired) electrons. The van der Waals surface area contributed by atoms with E-state index in [1.54, 1.807) is 30.3 Å². The molecule has 2 heterocycles. The molecule has 0 atom stereocenters. The number of thiophene rings is 1. The van der Waals surface area contributed by atoms with Gasteiger partial charge in [-0.2, -0.15) is 4.98 Å². The molecule has 0 saturated heterocycles. The number of rotatable bonds is 4. The van der Waals surface area contributed by atoms with Crippen molar-refractivity contribution in [3.05, 3.63) is 33.1 Å². The predicted octanol–water partition coefficient (Wildman–Crippen LogP) is 2.41. The third kappa shape index (κ3) is 2.88. The van der Waals surface area contributed by atoms with Crippen molar-refractivity contribution < 1.29 is 9.32 Å². The Morgan fingerprint density at radius 3 is 2.94 bits per heavy atom. The number of hydrogen-bond acceptors (Lipinski definition) is 5. The van der Waals surface area contributed by atoms with Gasteiger partial charge in [0.25, 0.3) is 5.91 Å². The Kier molecular flexibility index (Phi) is 3.98. The first kappa shape index (κ1) is 13.0. The maximum Gasteiger partial charge on any atom is 0.265 e. The fourth-order valence-corrected chi connectivity index (χ4v) is 2.56. The van der Waals surface area contributed by atoms with Crippen LogP contribution in [0.15, 0.2) is 16.0 Å². The number of aryl methyl sites for hydroxylation is 1. The Hall–Kier alpha value is -1.40. The van der Waals surface area contributed by atoms with Crippen molar-refractivity contribution in [2.24, 2.45) is 0 Å². The van der Waals surface area contributed by atoms with Gasteiger partial charge in [-0.05, 0) is 11.4 Å². The van der Waals surface area contributed by atoms with Crippen molar-refractivity contribution in [1.29, 1.82) is 0 Å². The molecule has 96 valence electrons. The van der Waals surface area contributed by atoms with Gasteiger partial charge in [-0.3, -0.25) is 4.79 Å². The summed E-state index contributed by atoms with van der Waals surface area (Å²) in [5.74, 6) is 1.04. The van der Waals surface area contributed by atoms with E-state index in [1.807, 2.05) is 0 Å².